The van der Waals surface area contributed by atoms with Gasteiger partial charge in [-0.05, 0) is 61.0 Å². The van der Waals surface area contributed by atoms with Crippen molar-refractivity contribution in [3.05, 3.63) is 91.4 Å². The van der Waals surface area contributed by atoms with Crippen molar-refractivity contribution in [1.29, 1.82) is 0 Å². The molecule has 2 N–H and O–H groups in total. The van der Waals surface area contributed by atoms with Gasteiger partial charge in [0.05, 0.1) is 32.5 Å². The SMILES string of the molecule is Cc1ccc(NC(=O)c2cc(Cl)ccc2Cl)c(NC(=O)c2cc(Cl)ccc2Cl)c1. The van der Waals surface area contributed by atoms with Gasteiger partial charge in [-0.2, -0.15) is 0 Å². The Labute approximate surface area is 187 Å². The predicted octanol–water partition coefficient (Wildman–Crippen LogP) is 7.11. The summed E-state index contributed by atoms with van der Waals surface area (Å²) in [4.78, 5) is 25.4. The monoisotopic (exact) mass is 466 g/mol. The van der Waals surface area contributed by atoms with E-state index in [1.54, 1.807) is 36.4 Å². The average Bonchev–Trinajstić information content (AvgIpc) is 2.67. The van der Waals surface area contributed by atoms with E-state index in [2.05, 4.69) is 10.6 Å². The van der Waals surface area contributed by atoms with Crippen molar-refractivity contribution >= 4 is 69.6 Å². The fourth-order valence-electron chi connectivity index (χ4n) is 2.59. The summed E-state index contributed by atoms with van der Waals surface area (Å²) in [6, 6.07) is 14.4. The molecule has 0 aliphatic carbocycles. The minimum atomic E-state index is -0.461. The molecule has 3 rings (SSSR count). The molecule has 2 amide bonds. The Hall–Kier alpha value is -2.24. The van der Waals surface area contributed by atoms with Crippen LogP contribution in [0, 0.1) is 6.92 Å². The van der Waals surface area contributed by atoms with E-state index in [0.29, 0.717) is 21.4 Å². The van der Waals surface area contributed by atoms with Crippen molar-refractivity contribution < 1.29 is 9.59 Å². The second kappa shape index (κ2) is 9.06. The van der Waals surface area contributed by atoms with Gasteiger partial charge in [0.25, 0.3) is 11.8 Å². The summed E-state index contributed by atoms with van der Waals surface area (Å²) in [5.41, 5.74) is 2.11. The lowest BCUT2D eigenvalue weighted by molar-refractivity contribution is 0.101. The number of hydrogen-bond acceptors (Lipinski definition) is 2. The molecule has 0 spiro atoms. The van der Waals surface area contributed by atoms with E-state index < -0.39 is 11.8 Å². The molecule has 0 aliphatic heterocycles. The van der Waals surface area contributed by atoms with Gasteiger partial charge in [-0.3, -0.25) is 9.59 Å². The maximum absolute atomic E-state index is 12.7. The minimum absolute atomic E-state index is 0.218. The molecule has 0 bridgehead atoms. The van der Waals surface area contributed by atoms with Crippen LogP contribution in [-0.2, 0) is 0 Å². The van der Waals surface area contributed by atoms with Gasteiger partial charge in [0.15, 0.2) is 0 Å². The summed E-state index contributed by atoms with van der Waals surface area (Å²) in [6.07, 6.45) is 0. The number of carbonyl (C=O) groups excluding carboxylic acids is 2. The number of hydrogen-bond donors (Lipinski definition) is 2. The molecule has 0 atom stereocenters. The predicted molar refractivity (Wildman–Crippen MR) is 120 cm³/mol. The second-order valence-corrected chi connectivity index (χ2v) is 7.89. The lowest BCUT2D eigenvalue weighted by Gasteiger charge is -2.14. The van der Waals surface area contributed by atoms with Gasteiger partial charge >= 0.3 is 0 Å². The van der Waals surface area contributed by atoms with Crippen LogP contribution in [0.5, 0.6) is 0 Å². The first-order valence-electron chi connectivity index (χ1n) is 8.38. The van der Waals surface area contributed by atoms with Crippen LogP contribution in [0.25, 0.3) is 0 Å². The lowest BCUT2D eigenvalue weighted by atomic mass is 10.1. The third-order valence-electron chi connectivity index (χ3n) is 4.02. The molecular formula is C21H14Cl4N2O2. The molecule has 0 aromatic heterocycles. The fourth-order valence-corrected chi connectivity index (χ4v) is 3.34. The Balaban J connectivity index is 1.90. The molecule has 0 unspecified atom stereocenters. The van der Waals surface area contributed by atoms with Crippen molar-refractivity contribution in [1.82, 2.24) is 0 Å². The molecule has 148 valence electrons. The third-order valence-corrected chi connectivity index (χ3v) is 5.15. The van der Waals surface area contributed by atoms with Crippen LogP contribution in [-0.4, -0.2) is 11.8 Å². The van der Waals surface area contributed by atoms with E-state index >= 15 is 0 Å². The fraction of sp³-hybridized carbons (Fsp3) is 0.0476. The average molecular weight is 468 g/mol. The van der Waals surface area contributed by atoms with E-state index in [-0.39, 0.29) is 21.2 Å². The first-order valence-corrected chi connectivity index (χ1v) is 9.89. The Bertz CT molecular complexity index is 1120. The summed E-state index contributed by atoms with van der Waals surface area (Å²) in [5.74, 6) is -0.919. The molecule has 0 aliphatic rings. The second-order valence-electron chi connectivity index (χ2n) is 6.21. The number of rotatable bonds is 4. The zero-order chi connectivity index (χ0) is 21.1. The highest BCUT2D eigenvalue weighted by Gasteiger charge is 2.17. The van der Waals surface area contributed by atoms with Gasteiger partial charge in [0.1, 0.15) is 0 Å². The molecule has 0 fully saturated rings. The van der Waals surface area contributed by atoms with E-state index in [9.17, 15) is 9.59 Å². The summed E-state index contributed by atoms with van der Waals surface area (Å²) in [6.45, 7) is 1.86. The first-order chi connectivity index (χ1) is 13.7. The van der Waals surface area contributed by atoms with Crippen LogP contribution in [0.1, 0.15) is 26.3 Å². The molecule has 0 radical (unpaired) electrons. The largest absolute Gasteiger partial charge is 0.320 e. The van der Waals surface area contributed by atoms with Crippen LogP contribution in [0.4, 0.5) is 11.4 Å². The van der Waals surface area contributed by atoms with Crippen LogP contribution < -0.4 is 10.6 Å². The summed E-state index contributed by atoms with van der Waals surface area (Å²) in [7, 11) is 0. The van der Waals surface area contributed by atoms with E-state index in [1.165, 1.54) is 18.2 Å². The molecule has 29 heavy (non-hydrogen) atoms. The maximum Gasteiger partial charge on any atom is 0.257 e. The topological polar surface area (TPSA) is 58.2 Å². The van der Waals surface area contributed by atoms with Crippen molar-refractivity contribution in [2.24, 2.45) is 0 Å². The Morgan fingerprint density at radius 1 is 0.655 bits per heavy atom. The Morgan fingerprint density at radius 2 is 1.14 bits per heavy atom. The molecule has 0 saturated heterocycles. The van der Waals surface area contributed by atoms with Gasteiger partial charge in [-0.15, -0.1) is 0 Å². The molecule has 0 heterocycles. The Kier molecular flexibility index (Phi) is 6.70. The zero-order valence-corrected chi connectivity index (χ0v) is 18.0. The number of nitrogens with one attached hydrogen (secondary N) is 2. The van der Waals surface area contributed by atoms with Crippen LogP contribution in [0.3, 0.4) is 0 Å². The van der Waals surface area contributed by atoms with Crippen molar-refractivity contribution in [2.45, 2.75) is 6.92 Å². The lowest BCUT2D eigenvalue weighted by Crippen LogP contribution is -2.17. The molecule has 3 aromatic rings. The normalized spacial score (nSPS) is 10.5. The van der Waals surface area contributed by atoms with E-state index in [1.807, 2.05) is 6.92 Å². The van der Waals surface area contributed by atoms with Crippen molar-refractivity contribution in [2.75, 3.05) is 10.6 Å². The third kappa shape index (κ3) is 5.22. The number of amides is 2. The van der Waals surface area contributed by atoms with Crippen LogP contribution >= 0.6 is 46.4 Å². The highest BCUT2D eigenvalue weighted by Crippen LogP contribution is 2.28. The Morgan fingerprint density at radius 3 is 1.66 bits per heavy atom. The highest BCUT2D eigenvalue weighted by atomic mass is 35.5. The molecule has 0 saturated carbocycles. The first kappa shape index (κ1) is 21.5. The van der Waals surface area contributed by atoms with E-state index in [4.69, 9.17) is 46.4 Å². The van der Waals surface area contributed by atoms with Gasteiger partial charge in [-0.1, -0.05) is 52.5 Å². The maximum atomic E-state index is 12.7. The van der Waals surface area contributed by atoms with Gasteiger partial charge in [0.2, 0.25) is 0 Å². The van der Waals surface area contributed by atoms with Crippen molar-refractivity contribution in [3.8, 4) is 0 Å². The standard InChI is InChI=1S/C21H14Cl4N2O2/c1-11-2-7-18(26-20(28)14-9-12(22)3-5-16(14)24)19(8-11)27-21(29)15-10-13(23)4-6-17(15)25/h2-10H,1H3,(H,26,28)(H,27,29). The zero-order valence-electron chi connectivity index (χ0n) is 15.0. The van der Waals surface area contributed by atoms with Gasteiger partial charge < -0.3 is 10.6 Å². The number of aryl methyl sites for hydroxylation is 1. The van der Waals surface area contributed by atoms with Crippen LogP contribution in [0.2, 0.25) is 20.1 Å². The van der Waals surface area contributed by atoms with Gasteiger partial charge in [-0.25, -0.2) is 0 Å². The van der Waals surface area contributed by atoms with Crippen LogP contribution in [0.15, 0.2) is 54.6 Å². The number of anilines is 2. The van der Waals surface area contributed by atoms with Crippen molar-refractivity contribution in [3.63, 3.8) is 0 Å². The summed E-state index contributed by atoms with van der Waals surface area (Å²) < 4.78 is 0. The summed E-state index contributed by atoms with van der Waals surface area (Å²) >= 11 is 24.1. The minimum Gasteiger partial charge on any atom is -0.320 e. The number of carbonyl (C=O) groups is 2. The van der Waals surface area contributed by atoms with E-state index in [0.717, 1.165) is 5.56 Å². The molecule has 4 nitrogen and oxygen atoms in total. The number of halogens is 4. The van der Waals surface area contributed by atoms with Gasteiger partial charge in [0, 0.05) is 10.0 Å². The highest BCUT2D eigenvalue weighted by molar-refractivity contribution is 6.37. The summed E-state index contributed by atoms with van der Waals surface area (Å²) in [5, 5.41) is 6.80. The smallest absolute Gasteiger partial charge is 0.257 e. The molecular weight excluding hydrogens is 454 g/mol. The quantitative estimate of drug-likeness (QED) is 0.429. The molecule has 3 aromatic carbocycles. The molecule has 8 heteroatoms. The number of benzene rings is 3.